The minimum atomic E-state index is -0.445. The van der Waals surface area contributed by atoms with Gasteiger partial charge in [-0.15, -0.1) is 0 Å². The van der Waals surface area contributed by atoms with E-state index < -0.39 is 6.09 Å². The third-order valence-corrected chi connectivity index (χ3v) is 4.59. The number of hydrogen-bond acceptors (Lipinski definition) is 4. The summed E-state index contributed by atoms with van der Waals surface area (Å²) >= 11 is 0. The van der Waals surface area contributed by atoms with Gasteiger partial charge in [0.2, 0.25) is 0 Å². The van der Waals surface area contributed by atoms with Crippen LogP contribution in [0.5, 0.6) is 5.75 Å². The quantitative estimate of drug-likeness (QED) is 0.728. The molecule has 0 fully saturated rings. The van der Waals surface area contributed by atoms with Crippen molar-refractivity contribution in [2.45, 2.75) is 20.0 Å². The Balaban J connectivity index is 1.85. The number of phenols is 1. The minimum absolute atomic E-state index is 0.186. The molecule has 1 heterocycles. The van der Waals surface area contributed by atoms with E-state index in [1.165, 1.54) is 4.57 Å². The van der Waals surface area contributed by atoms with Gasteiger partial charge in [0.1, 0.15) is 12.4 Å². The molecule has 0 atom stereocenters. The van der Waals surface area contributed by atoms with E-state index in [4.69, 9.17) is 4.74 Å². The first-order valence-electron chi connectivity index (χ1n) is 8.81. The molecule has 1 N–H and O–H groups in total. The number of ether oxygens (including phenoxy) is 1. The summed E-state index contributed by atoms with van der Waals surface area (Å²) in [5, 5.41) is 11.0. The number of aromatic hydroxyl groups is 1. The molecular weight excluding hydrogens is 328 g/mol. The molecule has 0 saturated heterocycles. The minimum Gasteiger partial charge on any atom is -0.507 e. The second-order valence-corrected chi connectivity index (χ2v) is 6.38. The monoisotopic (exact) mass is 352 g/mol. The second-order valence-electron chi connectivity index (χ2n) is 6.38. The SMILES string of the molecule is CCN(C)CCc1cn(C(=O)OCc2ccccc2)c2cccc(O)c12. The maximum atomic E-state index is 12.6. The van der Waals surface area contributed by atoms with Crippen molar-refractivity contribution in [3.05, 3.63) is 65.9 Å². The first kappa shape index (κ1) is 18.0. The lowest BCUT2D eigenvalue weighted by Gasteiger charge is -2.12. The third-order valence-electron chi connectivity index (χ3n) is 4.59. The smallest absolute Gasteiger partial charge is 0.418 e. The number of carbonyl (C=O) groups is 1. The van der Waals surface area contributed by atoms with Gasteiger partial charge in [0.25, 0.3) is 0 Å². The average Bonchev–Trinajstić information content (AvgIpc) is 3.05. The van der Waals surface area contributed by atoms with E-state index in [-0.39, 0.29) is 12.4 Å². The Bertz CT molecular complexity index is 887. The van der Waals surface area contributed by atoms with Crippen LogP contribution in [-0.2, 0) is 17.8 Å². The van der Waals surface area contributed by atoms with Crippen LogP contribution in [-0.4, -0.2) is 40.8 Å². The zero-order valence-corrected chi connectivity index (χ0v) is 15.2. The molecule has 3 aromatic rings. The zero-order valence-electron chi connectivity index (χ0n) is 15.2. The number of carbonyl (C=O) groups excluding carboxylic acids is 1. The molecule has 0 aliphatic heterocycles. The van der Waals surface area contributed by atoms with E-state index in [0.717, 1.165) is 30.6 Å². The highest BCUT2D eigenvalue weighted by Crippen LogP contribution is 2.30. The predicted molar refractivity (Wildman–Crippen MR) is 103 cm³/mol. The fourth-order valence-electron chi connectivity index (χ4n) is 2.95. The first-order chi connectivity index (χ1) is 12.6. The summed E-state index contributed by atoms with van der Waals surface area (Å²) in [4.78, 5) is 14.8. The molecule has 5 nitrogen and oxygen atoms in total. The van der Waals surface area contributed by atoms with Gasteiger partial charge < -0.3 is 14.7 Å². The molecule has 0 radical (unpaired) electrons. The molecule has 0 spiro atoms. The number of likely N-dealkylation sites (N-methyl/N-ethyl adjacent to an activating group) is 1. The van der Waals surface area contributed by atoms with Crippen molar-refractivity contribution in [3.63, 3.8) is 0 Å². The summed E-state index contributed by atoms with van der Waals surface area (Å²) in [6, 6.07) is 14.8. The largest absolute Gasteiger partial charge is 0.507 e. The van der Waals surface area contributed by atoms with Crippen LogP contribution in [0, 0.1) is 0 Å². The molecule has 0 amide bonds. The van der Waals surface area contributed by atoms with E-state index in [1.54, 1.807) is 18.3 Å². The summed E-state index contributed by atoms with van der Waals surface area (Å²) in [7, 11) is 2.05. The summed E-state index contributed by atoms with van der Waals surface area (Å²) in [6.45, 7) is 4.11. The molecule has 3 rings (SSSR count). The summed E-state index contributed by atoms with van der Waals surface area (Å²) in [6.07, 6.45) is 2.08. The lowest BCUT2D eigenvalue weighted by atomic mass is 10.1. The maximum Gasteiger partial charge on any atom is 0.418 e. The van der Waals surface area contributed by atoms with Crippen LogP contribution < -0.4 is 0 Å². The number of phenolic OH excluding ortho intramolecular Hbond substituents is 1. The van der Waals surface area contributed by atoms with E-state index in [1.807, 2.05) is 43.4 Å². The van der Waals surface area contributed by atoms with Gasteiger partial charge in [-0.25, -0.2) is 4.79 Å². The van der Waals surface area contributed by atoms with Crippen molar-refractivity contribution in [3.8, 4) is 5.75 Å². The molecule has 5 heteroatoms. The van der Waals surface area contributed by atoms with E-state index in [2.05, 4.69) is 11.8 Å². The van der Waals surface area contributed by atoms with Gasteiger partial charge in [-0.05, 0) is 43.3 Å². The average molecular weight is 352 g/mol. The van der Waals surface area contributed by atoms with Crippen LogP contribution in [0.1, 0.15) is 18.1 Å². The van der Waals surface area contributed by atoms with Crippen molar-refractivity contribution >= 4 is 17.0 Å². The number of hydrogen-bond donors (Lipinski definition) is 1. The van der Waals surface area contributed by atoms with Gasteiger partial charge in [-0.3, -0.25) is 4.57 Å². The summed E-state index contributed by atoms with van der Waals surface area (Å²) < 4.78 is 6.94. The zero-order chi connectivity index (χ0) is 18.5. The Morgan fingerprint density at radius 1 is 1.15 bits per heavy atom. The molecule has 0 aliphatic carbocycles. The molecule has 0 bridgehead atoms. The fourth-order valence-corrected chi connectivity index (χ4v) is 2.95. The lowest BCUT2D eigenvalue weighted by Crippen LogP contribution is -2.20. The molecule has 136 valence electrons. The molecule has 0 aliphatic rings. The van der Waals surface area contributed by atoms with Crippen LogP contribution in [0.4, 0.5) is 4.79 Å². The third kappa shape index (κ3) is 3.89. The van der Waals surface area contributed by atoms with Gasteiger partial charge >= 0.3 is 6.09 Å². The lowest BCUT2D eigenvalue weighted by molar-refractivity contribution is 0.142. The molecule has 1 aromatic heterocycles. The van der Waals surface area contributed by atoms with Crippen LogP contribution >= 0.6 is 0 Å². The number of aromatic nitrogens is 1. The molecular formula is C21H24N2O3. The summed E-state index contributed by atoms with van der Waals surface area (Å²) in [5.74, 6) is 0.186. The second kappa shape index (κ2) is 8.06. The highest BCUT2D eigenvalue weighted by atomic mass is 16.5. The topological polar surface area (TPSA) is 54.7 Å². The van der Waals surface area contributed by atoms with Gasteiger partial charge in [0.05, 0.1) is 5.52 Å². The molecule has 26 heavy (non-hydrogen) atoms. The molecule has 0 saturated carbocycles. The predicted octanol–water partition coefficient (Wildman–Crippen LogP) is 4.03. The number of rotatable bonds is 6. The Morgan fingerprint density at radius 2 is 1.92 bits per heavy atom. The van der Waals surface area contributed by atoms with Gasteiger partial charge in [0, 0.05) is 18.1 Å². The van der Waals surface area contributed by atoms with E-state index >= 15 is 0 Å². The highest BCUT2D eigenvalue weighted by molar-refractivity contribution is 5.95. The molecule has 0 unspecified atom stereocenters. The van der Waals surface area contributed by atoms with Gasteiger partial charge in [0.15, 0.2) is 0 Å². The number of fused-ring (bicyclic) bond motifs is 1. The van der Waals surface area contributed by atoms with Crippen LogP contribution in [0.25, 0.3) is 10.9 Å². The fraction of sp³-hybridized carbons (Fsp3) is 0.286. The van der Waals surface area contributed by atoms with Crippen molar-refractivity contribution in [1.29, 1.82) is 0 Å². The van der Waals surface area contributed by atoms with Gasteiger partial charge in [-0.2, -0.15) is 0 Å². The molecule has 2 aromatic carbocycles. The number of benzene rings is 2. The normalized spacial score (nSPS) is 11.2. The van der Waals surface area contributed by atoms with Crippen molar-refractivity contribution in [1.82, 2.24) is 9.47 Å². The summed E-state index contributed by atoms with van der Waals surface area (Å²) in [5.41, 5.74) is 2.54. The Labute approximate surface area is 153 Å². The Hall–Kier alpha value is -2.79. The van der Waals surface area contributed by atoms with Crippen molar-refractivity contribution < 1.29 is 14.6 Å². The van der Waals surface area contributed by atoms with Crippen molar-refractivity contribution in [2.75, 3.05) is 20.1 Å². The van der Waals surface area contributed by atoms with Gasteiger partial charge in [-0.1, -0.05) is 43.3 Å². The standard InChI is InChI=1S/C21H24N2O3/c1-3-22(2)13-12-17-14-23(18-10-7-11-19(24)20(17)18)21(25)26-15-16-8-5-4-6-9-16/h4-11,14,24H,3,12-13,15H2,1-2H3. The van der Waals surface area contributed by atoms with Crippen LogP contribution in [0.15, 0.2) is 54.7 Å². The van der Waals surface area contributed by atoms with Crippen LogP contribution in [0.2, 0.25) is 0 Å². The Kier molecular flexibility index (Phi) is 5.58. The highest BCUT2D eigenvalue weighted by Gasteiger charge is 2.17. The maximum absolute atomic E-state index is 12.6. The number of nitrogens with zero attached hydrogens (tertiary/aromatic N) is 2. The van der Waals surface area contributed by atoms with Crippen molar-refractivity contribution in [2.24, 2.45) is 0 Å². The Morgan fingerprint density at radius 3 is 2.65 bits per heavy atom. The van der Waals surface area contributed by atoms with E-state index in [9.17, 15) is 9.90 Å². The van der Waals surface area contributed by atoms with E-state index in [0.29, 0.717) is 10.9 Å². The van der Waals surface area contributed by atoms with Crippen LogP contribution in [0.3, 0.4) is 0 Å². The first-order valence-corrected chi connectivity index (χ1v) is 8.81.